The van der Waals surface area contributed by atoms with E-state index in [1.165, 1.54) is 18.3 Å². The molecule has 2 aromatic carbocycles. The average Bonchev–Trinajstić information content (AvgIpc) is 3.23. The molecule has 3 aromatic rings. The number of hydrogen-bond donors (Lipinski definition) is 1. The van der Waals surface area contributed by atoms with Gasteiger partial charge in [0, 0.05) is 5.56 Å². The lowest BCUT2D eigenvalue weighted by Gasteiger charge is -2.16. The molecule has 0 spiro atoms. The summed E-state index contributed by atoms with van der Waals surface area (Å²) in [7, 11) is 0. The molecule has 1 unspecified atom stereocenters. The van der Waals surface area contributed by atoms with Crippen LogP contribution in [0.2, 0.25) is 0 Å². The molecule has 1 N–H and O–H groups in total. The number of ether oxygens (including phenoxy) is 1. The molecule has 0 aliphatic carbocycles. The van der Waals surface area contributed by atoms with Crippen molar-refractivity contribution in [2.45, 2.75) is 26.3 Å². The van der Waals surface area contributed by atoms with E-state index in [0.29, 0.717) is 11.3 Å². The third kappa shape index (κ3) is 5.64. The largest absolute Gasteiger partial charge is 0.451 e. The van der Waals surface area contributed by atoms with Crippen LogP contribution in [0.25, 0.3) is 11.1 Å². The molecule has 1 atom stereocenters. The van der Waals surface area contributed by atoms with Crippen molar-refractivity contribution in [1.29, 1.82) is 0 Å². The predicted molar refractivity (Wildman–Crippen MR) is 118 cm³/mol. The number of thiophene rings is 1. The lowest BCUT2D eigenvalue weighted by molar-refractivity contribution is -0.128. The summed E-state index contributed by atoms with van der Waals surface area (Å²) >= 11 is 1.27. The van der Waals surface area contributed by atoms with Crippen LogP contribution < -0.4 is 5.32 Å². The Kier molecular flexibility index (Phi) is 7.14. The van der Waals surface area contributed by atoms with Gasteiger partial charge in [-0.05, 0) is 42.8 Å². The number of hydrogen-bond acceptors (Lipinski definition) is 5. The van der Waals surface area contributed by atoms with Crippen molar-refractivity contribution in [3.8, 4) is 11.1 Å². The van der Waals surface area contributed by atoms with Crippen LogP contribution >= 0.6 is 11.3 Å². The number of rotatable bonds is 8. The third-order valence-electron chi connectivity index (χ3n) is 4.66. The first-order chi connectivity index (χ1) is 14.4. The van der Waals surface area contributed by atoms with Crippen molar-refractivity contribution in [1.82, 2.24) is 5.32 Å². The van der Waals surface area contributed by atoms with Gasteiger partial charge in [0.05, 0.1) is 6.04 Å². The summed E-state index contributed by atoms with van der Waals surface area (Å²) in [5.41, 5.74) is 3.76. The first-order valence-electron chi connectivity index (χ1n) is 9.59. The number of esters is 1. The number of ketones is 1. The quantitative estimate of drug-likeness (QED) is 0.554. The molecule has 6 heteroatoms. The average molecular weight is 422 g/mol. The van der Waals surface area contributed by atoms with Crippen molar-refractivity contribution in [3.63, 3.8) is 0 Å². The van der Waals surface area contributed by atoms with Gasteiger partial charge in [0.25, 0.3) is 5.91 Å². The van der Waals surface area contributed by atoms with E-state index >= 15 is 0 Å². The van der Waals surface area contributed by atoms with Gasteiger partial charge in [0.15, 0.2) is 12.4 Å². The standard InChI is InChI=1S/C24H23NO4S/c1-16-8-10-19(11-9-16)20-12-13-30-23(20)24(28)29-15-22(27)25-21(17(2)26)14-18-6-4-3-5-7-18/h3-13,21H,14-15H2,1-2H3,(H,25,27). The van der Waals surface area contributed by atoms with Crippen molar-refractivity contribution >= 4 is 29.0 Å². The second kappa shape index (κ2) is 9.98. The molecule has 0 saturated carbocycles. The highest BCUT2D eigenvalue weighted by Gasteiger charge is 2.20. The van der Waals surface area contributed by atoms with Crippen molar-refractivity contribution in [2.75, 3.05) is 6.61 Å². The van der Waals surface area contributed by atoms with Gasteiger partial charge in [0.2, 0.25) is 0 Å². The molecule has 0 aliphatic heterocycles. The zero-order chi connectivity index (χ0) is 21.5. The number of amides is 1. The molecule has 0 saturated heterocycles. The van der Waals surface area contributed by atoms with Crippen LogP contribution in [0.3, 0.4) is 0 Å². The lowest BCUT2D eigenvalue weighted by Crippen LogP contribution is -2.43. The Labute approximate surface area is 179 Å². The Morgan fingerprint density at radius 2 is 1.70 bits per heavy atom. The van der Waals surface area contributed by atoms with Crippen LogP contribution in [0.15, 0.2) is 66.0 Å². The highest BCUT2D eigenvalue weighted by atomic mass is 32.1. The highest BCUT2D eigenvalue weighted by molar-refractivity contribution is 7.12. The second-order valence-electron chi connectivity index (χ2n) is 7.03. The van der Waals surface area contributed by atoms with Crippen molar-refractivity contribution in [2.24, 2.45) is 0 Å². The molecule has 154 valence electrons. The van der Waals surface area contributed by atoms with Gasteiger partial charge in [-0.25, -0.2) is 4.79 Å². The molecule has 30 heavy (non-hydrogen) atoms. The van der Waals surface area contributed by atoms with Gasteiger partial charge < -0.3 is 10.1 Å². The van der Waals surface area contributed by atoms with E-state index in [-0.39, 0.29) is 5.78 Å². The molecule has 1 amide bonds. The van der Waals surface area contributed by atoms with Gasteiger partial charge in [-0.3, -0.25) is 9.59 Å². The monoisotopic (exact) mass is 421 g/mol. The molecule has 0 bridgehead atoms. The van der Waals surface area contributed by atoms with Crippen LogP contribution in [0, 0.1) is 6.92 Å². The number of carbonyl (C=O) groups excluding carboxylic acids is 3. The lowest BCUT2D eigenvalue weighted by atomic mass is 10.0. The SMILES string of the molecule is CC(=O)C(Cc1ccccc1)NC(=O)COC(=O)c1sccc1-c1ccc(C)cc1. The van der Waals surface area contributed by atoms with E-state index < -0.39 is 24.5 Å². The van der Waals surface area contributed by atoms with E-state index in [1.807, 2.05) is 73.0 Å². The van der Waals surface area contributed by atoms with Gasteiger partial charge in [-0.2, -0.15) is 0 Å². The van der Waals surface area contributed by atoms with Crippen molar-refractivity contribution < 1.29 is 19.1 Å². The molecule has 5 nitrogen and oxygen atoms in total. The first kappa shape index (κ1) is 21.5. The summed E-state index contributed by atoms with van der Waals surface area (Å²) in [6.07, 6.45) is 0.387. The maximum atomic E-state index is 12.5. The highest BCUT2D eigenvalue weighted by Crippen LogP contribution is 2.29. The van der Waals surface area contributed by atoms with E-state index in [2.05, 4.69) is 5.32 Å². The molecule has 1 heterocycles. The summed E-state index contributed by atoms with van der Waals surface area (Å²) < 4.78 is 5.21. The fourth-order valence-corrected chi connectivity index (χ4v) is 3.81. The van der Waals surface area contributed by atoms with E-state index in [9.17, 15) is 14.4 Å². The molecule has 1 aromatic heterocycles. The summed E-state index contributed by atoms with van der Waals surface area (Å²) in [6, 6.07) is 18.5. The van der Waals surface area contributed by atoms with Crippen LogP contribution in [-0.2, 0) is 20.7 Å². The van der Waals surface area contributed by atoms with E-state index in [0.717, 1.165) is 22.3 Å². The van der Waals surface area contributed by atoms with Gasteiger partial charge >= 0.3 is 5.97 Å². The number of Topliss-reactive ketones (excluding diaryl/α,β-unsaturated/α-hetero) is 1. The van der Waals surface area contributed by atoms with Gasteiger partial charge in [0.1, 0.15) is 4.88 Å². The minimum Gasteiger partial charge on any atom is -0.451 e. The Morgan fingerprint density at radius 3 is 2.37 bits per heavy atom. The Bertz CT molecular complexity index is 1020. The van der Waals surface area contributed by atoms with Gasteiger partial charge in [-0.15, -0.1) is 11.3 Å². The van der Waals surface area contributed by atoms with Gasteiger partial charge in [-0.1, -0.05) is 60.2 Å². The van der Waals surface area contributed by atoms with Crippen LogP contribution in [0.1, 0.15) is 27.7 Å². The number of nitrogens with one attached hydrogen (secondary N) is 1. The molecule has 0 fully saturated rings. The first-order valence-corrected chi connectivity index (χ1v) is 10.5. The number of benzene rings is 2. The zero-order valence-corrected chi connectivity index (χ0v) is 17.7. The van der Waals surface area contributed by atoms with Crippen LogP contribution in [-0.4, -0.2) is 30.3 Å². The topological polar surface area (TPSA) is 72.5 Å². The maximum absolute atomic E-state index is 12.5. The molecule has 0 radical (unpaired) electrons. The predicted octanol–water partition coefficient (Wildman–Crippen LogP) is 4.20. The van der Waals surface area contributed by atoms with Crippen LogP contribution in [0.4, 0.5) is 0 Å². The minimum atomic E-state index is -0.663. The van der Waals surface area contributed by atoms with E-state index in [1.54, 1.807) is 0 Å². The summed E-state index contributed by atoms with van der Waals surface area (Å²) in [4.78, 5) is 37.2. The maximum Gasteiger partial charge on any atom is 0.349 e. The Morgan fingerprint density at radius 1 is 1.00 bits per heavy atom. The smallest absolute Gasteiger partial charge is 0.349 e. The zero-order valence-electron chi connectivity index (χ0n) is 16.9. The molecule has 0 aliphatic rings. The third-order valence-corrected chi connectivity index (χ3v) is 5.55. The molecular formula is C24H23NO4S. The number of aryl methyl sites for hydroxylation is 1. The van der Waals surface area contributed by atoms with Crippen LogP contribution in [0.5, 0.6) is 0 Å². The fraction of sp³-hybridized carbons (Fsp3) is 0.208. The summed E-state index contributed by atoms with van der Waals surface area (Å²) in [5.74, 6) is -1.22. The normalized spacial score (nSPS) is 11.5. The number of carbonyl (C=O) groups is 3. The molecular weight excluding hydrogens is 398 g/mol. The minimum absolute atomic E-state index is 0.154. The summed E-state index contributed by atoms with van der Waals surface area (Å²) in [5, 5.41) is 4.47. The Balaban J connectivity index is 1.59. The second-order valence-corrected chi connectivity index (χ2v) is 7.94. The van der Waals surface area contributed by atoms with Crippen molar-refractivity contribution in [3.05, 3.63) is 82.0 Å². The fourth-order valence-electron chi connectivity index (χ4n) is 3.01. The summed E-state index contributed by atoms with van der Waals surface area (Å²) in [6.45, 7) is 2.99. The Hall–Kier alpha value is -3.25. The van der Waals surface area contributed by atoms with E-state index in [4.69, 9.17) is 4.74 Å². The molecule has 3 rings (SSSR count).